The number of anilines is 1. The fourth-order valence-electron chi connectivity index (χ4n) is 3.56. The first kappa shape index (κ1) is 22.6. The molecule has 2 aromatic carbocycles. The van der Waals surface area contributed by atoms with E-state index >= 15 is 0 Å². The van der Waals surface area contributed by atoms with E-state index in [4.69, 9.17) is 21.1 Å². The van der Waals surface area contributed by atoms with Gasteiger partial charge < -0.3 is 19.7 Å². The van der Waals surface area contributed by atoms with Crippen molar-refractivity contribution in [2.45, 2.75) is 25.8 Å². The maximum Gasteiger partial charge on any atom is 0.308 e. The molecule has 0 bridgehead atoms. The summed E-state index contributed by atoms with van der Waals surface area (Å²) in [5.74, 6) is -0.787. The van der Waals surface area contributed by atoms with Crippen molar-refractivity contribution in [2.24, 2.45) is 5.92 Å². The third-order valence-electron chi connectivity index (χ3n) is 5.10. The summed E-state index contributed by atoms with van der Waals surface area (Å²) in [6, 6.07) is 13.5. The molecule has 1 fully saturated rings. The second-order valence-electron chi connectivity index (χ2n) is 7.23. The molecular weight excluding hydrogens is 420 g/mol. The third-order valence-corrected chi connectivity index (χ3v) is 5.34. The number of hydrogen-bond donors (Lipinski definition) is 1. The van der Waals surface area contributed by atoms with Crippen LogP contribution in [0.2, 0.25) is 5.02 Å². The first-order valence-electron chi connectivity index (χ1n) is 10.1. The molecular formula is C23H25ClN2O5. The number of halogens is 1. The maximum absolute atomic E-state index is 13.0. The monoisotopic (exact) mass is 444 g/mol. The molecule has 1 saturated heterocycles. The molecule has 2 aromatic rings. The molecule has 2 atom stereocenters. The summed E-state index contributed by atoms with van der Waals surface area (Å²) in [7, 11) is 1.55. The first-order chi connectivity index (χ1) is 14.9. The maximum atomic E-state index is 13.0. The van der Waals surface area contributed by atoms with Gasteiger partial charge in [0.1, 0.15) is 5.75 Å². The highest BCUT2D eigenvalue weighted by Gasteiger charge is 2.36. The fraction of sp³-hybridized carbons (Fsp3) is 0.348. The average Bonchev–Trinajstić information content (AvgIpc) is 3.15. The highest BCUT2D eigenvalue weighted by Crippen LogP contribution is 2.29. The lowest BCUT2D eigenvalue weighted by Gasteiger charge is -2.21. The number of benzene rings is 2. The largest absolute Gasteiger partial charge is 0.497 e. The molecule has 1 N–H and O–H groups in total. The van der Waals surface area contributed by atoms with E-state index in [1.165, 1.54) is 0 Å². The van der Waals surface area contributed by atoms with E-state index in [-0.39, 0.29) is 37.8 Å². The van der Waals surface area contributed by atoms with Crippen LogP contribution in [0.4, 0.5) is 5.69 Å². The Balaban J connectivity index is 1.75. The van der Waals surface area contributed by atoms with Gasteiger partial charge in [0, 0.05) is 23.7 Å². The standard InChI is InChI=1S/C23H25ClN2O5/c1-3-31-22(28)13-20(15-6-4-9-19(10-15)30-2)25-23(29)16-11-21(27)26(14-16)18-8-5-7-17(24)12-18/h4-10,12,16,20H,3,11,13-14H2,1-2H3,(H,25,29). The van der Waals surface area contributed by atoms with Gasteiger partial charge in [0.05, 0.1) is 32.1 Å². The number of hydrogen-bond acceptors (Lipinski definition) is 5. The Hall–Kier alpha value is -3.06. The van der Waals surface area contributed by atoms with Crippen molar-refractivity contribution >= 4 is 35.1 Å². The number of esters is 1. The summed E-state index contributed by atoms with van der Waals surface area (Å²) >= 11 is 6.03. The minimum absolute atomic E-state index is 0.0224. The van der Waals surface area contributed by atoms with E-state index in [0.717, 1.165) is 5.56 Å². The molecule has 1 aliphatic heterocycles. The normalized spacial score (nSPS) is 16.7. The van der Waals surface area contributed by atoms with Crippen molar-refractivity contribution in [2.75, 3.05) is 25.2 Å². The quantitative estimate of drug-likeness (QED) is 0.630. The molecule has 8 heteroatoms. The molecule has 0 saturated carbocycles. The molecule has 0 aliphatic carbocycles. The second-order valence-corrected chi connectivity index (χ2v) is 7.67. The summed E-state index contributed by atoms with van der Waals surface area (Å²) < 4.78 is 10.3. The van der Waals surface area contributed by atoms with Crippen LogP contribution in [0.5, 0.6) is 5.75 Å². The van der Waals surface area contributed by atoms with E-state index in [2.05, 4.69) is 5.32 Å². The number of nitrogens with zero attached hydrogens (tertiary/aromatic N) is 1. The molecule has 164 valence electrons. The summed E-state index contributed by atoms with van der Waals surface area (Å²) in [4.78, 5) is 39.2. The van der Waals surface area contributed by atoms with Gasteiger partial charge in [-0.3, -0.25) is 14.4 Å². The van der Waals surface area contributed by atoms with E-state index in [0.29, 0.717) is 16.5 Å². The Morgan fingerprint density at radius 2 is 2.00 bits per heavy atom. The van der Waals surface area contributed by atoms with Crippen molar-refractivity contribution in [3.63, 3.8) is 0 Å². The van der Waals surface area contributed by atoms with Crippen LogP contribution in [0.3, 0.4) is 0 Å². The first-order valence-corrected chi connectivity index (χ1v) is 10.4. The molecule has 0 spiro atoms. The molecule has 7 nitrogen and oxygen atoms in total. The highest BCUT2D eigenvalue weighted by molar-refractivity contribution is 6.31. The Bertz CT molecular complexity index is 964. The Labute approximate surface area is 186 Å². The molecule has 0 radical (unpaired) electrons. The van der Waals surface area contributed by atoms with Gasteiger partial charge in [-0.25, -0.2) is 0 Å². The zero-order chi connectivity index (χ0) is 22.4. The van der Waals surface area contributed by atoms with Crippen molar-refractivity contribution in [1.82, 2.24) is 5.32 Å². The van der Waals surface area contributed by atoms with Crippen molar-refractivity contribution in [3.8, 4) is 5.75 Å². The van der Waals surface area contributed by atoms with E-state index in [1.54, 1.807) is 61.4 Å². The number of carbonyl (C=O) groups excluding carboxylic acids is 3. The molecule has 1 heterocycles. The summed E-state index contributed by atoms with van der Waals surface area (Å²) in [6.45, 7) is 2.23. The molecule has 2 unspecified atom stereocenters. The number of rotatable bonds is 8. The number of amides is 2. The van der Waals surface area contributed by atoms with Crippen LogP contribution in [0.1, 0.15) is 31.4 Å². The molecule has 0 aromatic heterocycles. The van der Waals surface area contributed by atoms with Crippen LogP contribution in [0.25, 0.3) is 0 Å². The number of carbonyl (C=O) groups is 3. The van der Waals surface area contributed by atoms with Gasteiger partial charge in [-0.2, -0.15) is 0 Å². The van der Waals surface area contributed by atoms with Gasteiger partial charge in [-0.05, 0) is 42.8 Å². The van der Waals surface area contributed by atoms with Crippen molar-refractivity contribution < 1.29 is 23.9 Å². The van der Waals surface area contributed by atoms with Gasteiger partial charge >= 0.3 is 5.97 Å². The van der Waals surface area contributed by atoms with Crippen LogP contribution in [0, 0.1) is 5.92 Å². The second kappa shape index (κ2) is 10.3. The van der Waals surface area contributed by atoms with Crippen LogP contribution < -0.4 is 15.0 Å². The fourth-order valence-corrected chi connectivity index (χ4v) is 3.75. The van der Waals surface area contributed by atoms with Crippen molar-refractivity contribution in [3.05, 3.63) is 59.1 Å². The Kier molecular flexibility index (Phi) is 7.52. The van der Waals surface area contributed by atoms with Crippen LogP contribution in [-0.2, 0) is 19.1 Å². The Morgan fingerprint density at radius 3 is 2.71 bits per heavy atom. The van der Waals surface area contributed by atoms with Gasteiger partial charge in [-0.1, -0.05) is 29.8 Å². The smallest absolute Gasteiger partial charge is 0.308 e. The minimum Gasteiger partial charge on any atom is -0.497 e. The lowest BCUT2D eigenvalue weighted by atomic mass is 10.0. The highest BCUT2D eigenvalue weighted by atomic mass is 35.5. The third kappa shape index (κ3) is 5.76. The van der Waals surface area contributed by atoms with Crippen LogP contribution in [-0.4, -0.2) is 38.0 Å². The molecule has 1 aliphatic rings. The summed E-state index contributed by atoms with van der Waals surface area (Å²) in [5.41, 5.74) is 1.38. The van der Waals surface area contributed by atoms with E-state index in [9.17, 15) is 14.4 Å². The topological polar surface area (TPSA) is 84.9 Å². The van der Waals surface area contributed by atoms with Gasteiger partial charge in [0.25, 0.3) is 0 Å². The molecule has 31 heavy (non-hydrogen) atoms. The predicted octanol–water partition coefficient (Wildman–Crippen LogP) is 3.51. The summed E-state index contributed by atoms with van der Waals surface area (Å²) in [5, 5.41) is 3.44. The van der Waals surface area contributed by atoms with Gasteiger partial charge in [0.15, 0.2) is 0 Å². The van der Waals surface area contributed by atoms with Crippen molar-refractivity contribution in [1.29, 1.82) is 0 Å². The van der Waals surface area contributed by atoms with Gasteiger partial charge in [0.2, 0.25) is 11.8 Å². The summed E-state index contributed by atoms with van der Waals surface area (Å²) in [6.07, 6.45) is 0.0635. The van der Waals surface area contributed by atoms with Gasteiger partial charge in [-0.15, -0.1) is 0 Å². The van der Waals surface area contributed by atoms with E-state index in [1.807, 2.05) is 6.07 Å². The minimum atomic E-state index is -0.600. The number of methoxy groups -OCH3 is 1. The lowest BCUT2D eigenvalue weighted by molar-refractivity contribution is -0.144. The zero-order valence-electron chi connectivity index (χ0n) is 17.5. The number of ether oxygens (including phenoxy) is 2. The SMILES string of the molecule is CCOC(=O)CC(NC(=O)C1CC(=O)N(c2cccc(Cl)c2)C1)c1cccc(OC)c1. The Morgan fingerprint density at radius 1 is 1.23 bits per heavy atom. The zero-order valence-corrected chi connectivity index (χ0v) is 18.2. The number of nitrogens with one attached hydrogen (secondary N) is 1. The average molecular weight is 445 g/mol. The van der Waals surface area contributed by atoms with E-state index < -0.39 is 17.9 Å². The lowest BCUT2D eigenvalue weighted by Crippen LogP contribution is -2.36. The molecule has 2 amide bonds. The predicted molar refractivity (Wildman–Crippen MR) is 117 cm³/mol. The van der Waals surface area contributed by atoms with Crippen LogP contribution >= 0.6 is 11.6 Å². The van der Waals surface area contributed by atoms with Crippen LogP contribution in [0.15, 0.2) is 48.5 Å². The molecule has 3 rings (SSSR count).